The zero-order chi connectivity index (χ0) is 34.5. The molecule has 0 spiro atoms. The average Bonchev–Trinajstić information content (AvgIpc) is 3.52. The zero-order valence-electron chi connectivity index (χ0n) is 28.9. The molecule has 1 saturated heterocycles. The fourth-order valence-corrected chi connectivity index (χ4v) is 7.52. The van der Waals surface area contributed by atoms with Crippen LogP contribution in [-0.2, 0) is 23.8 Å². The highest BCUT2D eigenvalue weighted by Crippen LogP contribution is 2.35. The van der Waals surface area contributed by atoms with Gasteiger partial charge in [-0.15, -0.1) is 10.2 Å². The largest absolute Gasteiger partial charge is 0.388 e. The molecule has 2 aromatic rings. The minimum atomic E-state index is -1.27. The fraction of sp³-hybridized carbons (Fsp3) is 0.735. The van der Waals surface area contributed by atoms with Crippen LogP contribution in [0.15, 0.2) is 29.7 Å². The zero-order valence-corrected chi connectivity index (χ0v) is 29.7. The lowest BCUT2D eigenvalue weighted by Gasteiger charge is -2.39. The third-order valence-corrected chi connectivity index (χ3v) is 10.1. The van der Waals surface area contributed by atoms with Gasteiger partial charge in [-0.05, 0) is 50.2 Å². The SMILES string of the molecule is COCC(=O)N1C[C@H](CC(C)C)N(C(=O)CSc2nnc(-c3ccncc3)n2C2CCCCC2)CCCCOC[C@@H](O)[C@@H](O)[C@H](OC)C1. The highest BCUT2D eigenvalue weighted by Gasteiger charge is 2.34. The maximum absolute atomic E-state index is 14.3. The van der Waals surface area contributed by atoms with E-state index in [1.54, 1.807) is 17.3 Å². The molecule has 48 heavy (non-hydrogen) atoms. The molecule has 268 valence electrons. The molecule has 0 aromatic carbocycles. The standard InChI is InChI=1S/C34H54N6O7S/c1-24(2)18-27-19-38(30(42)22-45-3)20-29(46-4)32(44)28(41)21-47-17-9-8-16-39(27)31(43)23-48-34-37-36-33(25-12-14-35-15-13-25)40(34)26-10-6-5-7-11-26/h12-15,24,26-29,32,41,44H,5-11,16-23H2,1-4H3/t27-,28+,29+,32+/m0/s1. The van der Waals surface area contributed by atoms with Crippen LogP contribution in [0.5, 0.6) is 0 Å². The van der Waals surface area contributed by atoms with Crippen LogP contribution in [-0.4, -0.2) is 135 Å². The first kappa shape index (κ1) is 38.2. The van der Waals surface area contributed by atoms with Crippen molar-refractivity contribution in [1.29, 1.82) is 0 Å². The number of hydrogen-bond donors (Lipinski definition) is 2. The lowest BCUT2D eigenvalue weighted by molar-refractivity contribution is -0.145. The summed E-state index contributed by atoms with van der Waals surface area (Å²) in [5, 5.41) is 31.4. The van der Waals surface area contributed by atoms with E-state index in [2.05, 4.69) is 33.6 Å². The molecule has 2 amide bonds. The number of ether oxygens (including phenoxy) is 3. The Morgan fingerprint density at radius 2 is 1.77 bits per heavy atom. The molecule has 4 atom stereocenters. The van der Waals surface area contributed by atoms with E-state index in [-0.39, 0.29) is 61.9 Å². The van der Waals surface area contributed by atoms with E-state index in [9.17, 15) is 19.8 Å². The van der Waals surface area contributed by atoms with Crippen LogP contribution in [0.1, 0.15) is 71.3 Å². The van der Waals surface area contributed by atoms with Gasteiger partial charge in [0, 0.05) is 70.5 Å². The Kier molecular flexibility index (Phi) is 15.5. The predicted molar refractivity (Wildman–Crippen MR) is 182 cm³/mol. The summed E-state index contributed by atoms with van der Waals surface area (Å²) in [5.41, 5.74) is 0.947. The first-order valence-electron chi connectivity index (χ1n) is 17.2. The summed E-state index contributed by atoms with van der Waals surface area (Å²) in [4.78, 5) is 35.3. The molecule has 1 aliphatic carbocycles. The van der Waals surface area contributed by atoms with Crippen molar-refractivity contribution in [3.63, 3.8) is 0 Å². The van der Waals surface area contributed by atoms with Gasteiger partial charge in [0.15, 0.2) is 11.0 Å². The van der Waals surface area contributed by atoms with Crippen LogP contribution in [0.25, 0.3) is 11.4 Å². The summed E-state index contributed by atoms with van der Waals surface area (Å²) < 4.78 is 18.6. The number of pyridine rings is 1. The molecule has 2 fully saturated rings. The Hall–Kier alpha value is -2.62. The molecular weight excluding hydrogens is 636 g/mol. The number of methoxy groups -OCH3 is 2. The van der Waals surface area contributed by atoms with E-state index in [1.165, 1.54) is 32.4 Å². The number of carbonyl (C=O) groups is 2. The average molecular weight is 691 g/mol. The van der Waals surface area contributed by atoms with Crippen LogP contribution in [0.2, 0.25) is 0 Å². The van der Waals surface area contributed by atoms with Crippen LogP contribution >= 0.6 is 11.8 Å². The van der Waals surface area contributed by atoms with Gasteiger partial charge in [0.1, 0.15) is 24.9 Å². The van der Waals surface area contributed by atoms with Gasteiger partial charge in [0.25, 0.3) is 0 Å². The highest BCUT2D eigenvalue weighted by atomic mass is 32.2. The van der Waals surface area contributed by atoms with Crippen LogP contribution in [0.4, 0.5) is 0 Å². The fourth-order valence-electron chi connectivity index (χ4n) is 6.63. The summed E-state index contributed by atoms with van der Waals surface area (Å²) >= 11 is 1.41. The number of thioether (sulfide) groups is 1. The Balaban J connectivity index is 1.61. The van der Waals surface area contributed by atoms with Crippen molar-refractivity contribution < 1.29 is 34.0 Å². The van der Waals surface area contributed by atoms with Crippen LogP contribution in [0.3, 0.4) is 0 Å². The monoisotopic (exact) mass is 690 g/mol. The topological polar surface area (TPSA) is 152 Å². The maximum atomic E-state index is 14.3. The van der Waals surface area contributed by atoms with Gasteiger partial charge >= 0.3 is 0 Å². The number of rotatable bonds is 10. The molecule has 2 N–H and O–H groups in total. The molecule has 1 aliphatic heterocycles. The summed E-state index contributed by atoms with van der Waals surface area (Å²) in [6, 6.07) is 3.84. The van der Waals surface area contributed by atoms with Crippen molar-refractivity contribution in [3.8, 4) is 11.4 Å². The second-order valence-corrected chi connectivity index (χ2v) is 14.2. The summed E-state index contributed by atoms with van der Waals surface area (Å²) in [6.45, 7) is 5.10. The van der Waals surface area contributed by atoms with Crippen molar-refractivity contribution in [3.05, 3.63) is 24.5 Å². The van der Waals surface area contributed by atoms with Crippen molar-refractivity contribution >= 4 is 23.6 Å². The minimum Gasteiger partial charge on any atom is -0.388 e. The van der Waals surface area contributed by atoms with Crippen molar-refractivity contribution in [1.82, 2.24) is 29.5 Å². The van der Waals surface area contributed by atoms with E-state index in [0.29, 0.717) is 32.4 Å². The molecule has 4 rings (SSSR count). The number of amides is 2. The van der Waals surface area contributed by atoms with Crippen molar-refractivity contribution in [2.24, 2.45) is 5.92 Å². The number of nitrogens with zero attached hydrogens (tertiary/aromatic N) is 6. The Labute approximate surface area is 288 Å². The Morgan fingerprint density at radius 3 is 2.46 bits per heavy atom. The number of carbonyl (C=O) groups excluding carboxylic acids is 2. The number of aliphatic hydroxyl groups excluding tert-OH is 2. The van der Waals surface area contributed by atoms with Crippen LogP contribution < -0.4 is 0 Å². The molecule has 2 aromatic heterocycles. The minimum absolute atomic E-state index is 0.0184. The molecule has 1 saturated carbocycles. The Morgan fingerprint density at radius 1 is 1.02 bits per heavy atom. The number of aliphatic hydroxyl groups is 2. The van der Waals surface area contributed by atoms with Crippen LogP contribution in [0, 0.1) is 5.92 Å². The van der Waals surface area contributed by atoms with Gasteiger partial charge in [-0.3, -0.25) is 19.1 Å². The second-order valence-electron chi connectivity index (χ2n) is 13.2. The second kappa shape index (κ2) is 19.5. The molecular formula is C34H54N6O7S. The van der Waals surface area contributed by atoms with E-state index in [4.69, 9.17) is 14.2 Å². The smallest absolute Gasteiger partial charge is 0.248 e. The number of hydrogen-bond acceptors (Lipinski definition) is 11. The molecule has 0 unspecified atom stereocenters. The van der Waals surface area contributed by atoms with Gasteiger partial charge in [-0.25, -0.2) is 0 Å². The van der Waals surface area contributed by atoms with Gasteiger partial charge < -0.3 is 34.2 Å². The van der Waals surface area contributed by atoms with Gasteiger partial charge in [0.05, 0.1) is 12.4 Å². The molecule has 2 aliphatic rings. The predicted octanol–water partition coefficient (Wildman–Crippen LogP) is 3.20. The quantitative estimate of drug-likeness (QED) is 0.354. The summed E-state index contributed by atoms with van der Waals surface area (Å²) in [5.74, 6) is 0.874. The summed E-state index contributed by atoms with van der Waals surface area (Å²) in [6.07, 6.45) is 7.81. The molecule has 0 bridgehead atoms. The molecule has 14 heteroatoms. The van der Waals surface area contributed by atoms with Crippen molar-refractivity contribution in [2.45, 2.75) is 101 Å². The van der Waals surface area contributed by atoms with E-state index < -0.39 is 18.3 Å². The van der Waals surface area contributed by atoms with Gasteiger partial charge in [-0.1, -0.05) is 44.9 Å². The van der Waals surface area contributed by atoms with E-state index in [1.807, 2.05) is 17.0 Å². The van der Waals surface area contributed by atoms with E-state index >= 15 is 0 Å². The third kappa shape index (κ3) is 10.7. The third-order valence-electron chi connectivity index (χ3n) is 9.13. The lowest BCUT2D eigenvalue weighted by atomic mass is 9.95. The van der Waals surface area contributed by atoms with Gasteiger partial charge in [0.2, 0.25) is 11.8 Å². The molecule has 13 nitrogen and oxygen atoms in total. The molecule has 0 radical (unpaired) electrons. The first-order chi connectivity index (χ1) is 23.2. The first-order valence-corrected chi connectivity index (χ1v) is 18.2. The van der Waals surface area contributed by atoms with Crippen molar-refractivity contribution in [2.75, 3.05) is 59.4 Å². The number of aromatic nitrogens is 4. The lowest BCUT2D eigenvalue weighted by Crippen LogP contribution is -2.54. The maximum Gasteiger partial charge on any atom is 0.248 e. The van der Waals surface area contributed by atoms with Gasteiger partial charge in [-0.2, -0.15) is 0 Å². The normalized spacial score (nSPS) is 24.1. The molecule has 3 heterocycles. The van der Waals surface area contributed by atoms with E-state index in [0.717, 1.165) is 42.2 Å². The highest BCUT2D eigenvalue weighted by molar-refractivity contribution is 7.99. The summed E-state index contributed by atoms with van der Waals surface area (Å²) in [7, 11) is 2.89. The Bertz CT molecular complexity index is 1260.